The van der Waals surface area contributed by atoms with E-state index in [-0.39, 0.29) is 29.3 Å². The molecule has 4 heteroatoms. The molecule has 0 aromatic heterocycles. The first-order chi connectivity index (χ1) is 12.9. The highest BCUT2D eigenvalue weighted by Gasteiger charge is 2.60. The summed E-state index contributed by atoms with van der Waals surface area (Å²) >= 11 is 0. The van der Waals surface area contributed by atoms with Crippen molar-refractivity contribution in [2.24, 2.45) is 34.5 Å². The average molecular weight is 374 g/mol. The first-order valence-corrected chi connectivity index (χ1v) is 11.0. The molecule has 0 heterocycles. The summed E-state index contributed by atoms with van der Waals surface area (Å²) in [5.41, 5.74) is 1.74. The van der Waals surface area contributed by atoms with Crippen molar-refractivity contribution in [3.05, 3.63) is 11.6 Å². The molecular formula is C23H35NO3. The van der Waals surface area contributed by atoms with Crippen molar-refractivity contribution in [2.75, 3.05) is 13.2 Å². The highest BCUT2D eigenvalue weighted by Crippen LogP contribution is 2.66. The van der Waals surface area contributed by atoms with Gasteiger partial charge >= 0.3 is 0 Å². The summed E-state index contributed by atoms with van der Waals surface area (Å²) in [6.45, 7) is 5.50. The van der Waals surface area contributed by atoms with Crippen LogP contribution in [-0.2, 0) is 9.59 Å². The number of aliphatic hydroxyl groups excluding tert-OH is 1. The third-order valence-electron chi connectivity index (χ3n) is 8.91. The van der Waals surface area contributed by atoms with Crippen molar-refractivity contribution in [3.8, 4) is 0 Å². The van der Waals surface area contributed by atoms with Gasteiger partial charge < -0.3 is 10.4 Å². The highest BCUT2D eigenvalue weighted by atomic mass is 16.3. The van der Waals surface area contributed by atoms with E-state index in [9.17, 15) is 9.59 Å². The van der Waals surface area contributed by atoms with Gasteiger partial charge in [0.1, 0.15) is 0 Å². The quantitative estimate of drug-likeness (QED) is 0.740. The van der Waals surface area contributed by atoms with Crippen molar-refractivity contribution < 1.29 is 14.7 Å². The van der Waals surface area contributed by atoms with Gasteiger partial charge in [0, 0.05) is 25.5 Å². The van der Waals surface area contributed by atoms with Gasteiger partial charge in [-0.1, -0.05) is 19.4 Å². The fraction of sp³-hybridized carbons (Fsp3) is 0.826. The molecule has 0 aromatic rings. The minimum Gasteiger partial charge on any atom is -0.396 e. The van der Waals surface area contributed by atoms with E-state index in [1.54, 1.807) is 0 Å². The molecule has 3 fully saturated rings. The molecule has 0 radical (unpaired) electrons. The van der Waals surface area contributed by atoms with E-state index in [0.717, 1.165) is 25.7 Å². The van der Waals surface area contributed by atoms with Crippen LogP contribution >= 0.6 is 0 Å². The summed E-state index contributed by atoms with van der Waals surface area (Å²) < 4.78 is 0. The van der Waals surface area contributed by atoms with Crippen molar-refractivity contribution in [1.29, 1.82) is 0 Å². The second kappa shape index (κ2) is 7.02. The van der Waals surface area contributed by atoms with Gasteiger partial charge in [0.15, 0.2) is 5.78 Å². The minimum atomic E-state index is 0.118. The number of hydrogen-bond acceptors (Lipinski definition) is 3. The number of hydrogen-bond donors (Lipinski definition) is 2. The summed E-state index contributed by atoms with van der Waals surface area (Å²) in [5, 5.41) is 12.0. The first kappa shape index (κ1) is 19.2. The second-order valence-electron chi connectivity index (χ2n) is 10.0. The number of ketones is 1. The van der Waals surface area contributed by atoms with Crippen LogP contribution in [-0.4, -0.2) is 29.9 Å². The lowest BCUT2D eigenvalue weighted by molar-refractivity contribution is -0.132. The molecule has 0 saturated heterocycles. The first-order valence-electron chi connectivity index (χ1n) is 11.0. The molecule has 4 nitrogen and oxygen atoms in total. The molecule has 2 N–H and O–H groups in total. The predicted molar refractivity (Wildman–Crippen MR) is 105 cm³/mol. The molecule has 4 rings (SSSR count). The molecule has 6 atom stereocenters. The van der Waals surface area contributed by atoms with Crippen LogP contribution in [0.1, 0.15) is 71.6 Å². The number of aliphatic hydroxyl groups is 1. The molecule has 6 unspecified atom stereocenters. The van der Waals surface area contributed by atoms with Crippen LogP contribution < -0.4 is 5.32 Å². The molecule has 27 heavy (non-hydrogen) atoms. The van der Waals surface area contributed by atoms with Gasteiger partial charge in [0.25, 0.3) is 0 Å². The Morgan fingerprint density at radius 1 is 1.15 bits per heavy atom. The van der Waals surface area contributed by atoms with E-state index >= 15 is 0 Å². The monoisotopic (exact) mass is 373 g/mol. The Kier molecular flexibility index (Phi) is 4.99. The normalized spacial score (nSPS) is 43.4. The van der Waals surface area contributed by atoms with Gasteiger partial charge in [-0.2, -0.15) is 0 Å². The third-order valence-corrected chi connectivity index (χ3v) is 8.91. The van der Waals surface area contributed by atoms with E-state index in [1.807, 2.05) is 6.08 Å². The number of carbonyl (C=O) groups is 2. The van der Waals surface area contributed by atoms with Gasteiger partial charge in [-0.3, -0.25) is 9.59 Å². The minimum absolute atomic E-state index is 0.118. The Bertz CT molecular complexity index is 656. The van der Waals surface area contributed by atoms with Crippen LogP contribution in [0.2, 0.25) is 0 Å². The van der Waals surface area contributed by atoms with Gasteiger partial charge in [-0.05, 0) is 86.0 Å². The lowest BCUT2D eigenvalue weighted by Gasteiger charge is -2.58. The van der Waals surface area contributed by atoms with Crippen molar-refractivity contribution in [3.63, 3.8) is 0 Å². The standard InChI is InChI=1S/C23H35NO3/c1-22-10-8-16(26)14-15(22)4-5-17-18-6-7-20(21(27)24-12-3-13-25)23(18,2)11-9-19(17)22/h14,17-20,25H,3-13H2,1-2H3,(H,24,27). The number of fused-ring (bicyclic) bond motifs is 5. The van der Waals surface area contributed by atoms with Crippen molar-refractivity contribution in [1.82, 2.24) is 5.32 Å². The van der Waals surface area contributed by atoms with E-state index < -0.39 is 0 Å². The predicted octanol–water partition coefficient (Wildman–Crippen LogP) is 3.63. The maximum Gasteiger partial charge on any atom is 0.223 e. The van der Waals surface area contributed by atoms with Gasteiger partial charge in [-0.15, -0.1) is 0 Å². The van der Waals surface area contributed by atoms with E-state index in [0.29, 0.717) is 42.9 Å². The van der Waals surface area contributed by atoms with Crippen LogP contribution in [0.25, 0.3) is 0 Å². The average Bonchev–Trinajstić information content (AvgIpc) is 3.00. The Labute approximate surface area is 163 Å². The zero-order valence-corrected chi connectivity index (χ0v) is 16.9. The number of amides is 1. The molecule has 0 spiro atoms. The third kappa shape index (κ3) is 2.99. The fourth-order valence-corrected chi connectivity index (χ4v) is 7.40. The molecule has 0 aromatic carbocycles. The molecule has 1 amide bonds. The molecule has 4 aliphatic carbocycles. The Morgan fingerprint density at radius 2 is 1.96 bits per heavy atom. The molecular weight excluding hydrogens is 338 g/mol. The summed E-state index contributed by atoms with van der Waals surface area (Å²) in [4.78, 5) is 24.8. The second-order valence-corrected chi connectivity index (χ2v) is 10.0. The van der Waals surface area contributed by atoms with Crippen LogP contribution in [0.3, 0.4) is 0 Å². The van der Waals surface area contributed by atoms with Crippen LogP contribution in [0.5, 0.6) is 0 Å². The molecule has 4 aliphatic rings. The largest absolute Gasteiger partial charge is 0.396 e. The van der Waals surface area contributed by atoms with E-state index in [1.165, 1.54) is 24.8 Å². The maximum absolute atomic E-state index is 12.8. The number of allylic oxidation sites excluding steroid dienone is 1. The zero-order valence-electron chi connectivity index (χ0n) is 16.9. The van der Waals surface area contributed by atoms with Gasteiger partial charge in [0.2, 0.25) is 5.91 Å². The van der Waals surface area contributed by atoms with E-state index in [4.69, 9.17) is 5.11 Å². The van der Waals surface area contributed by atoms with Gasteiger partial charge in [-0.25, -0.2) is 0 Å². The Hall–Kier alpha value is -1.16. The highest BCUT2D eigenvalue weighted by molar-refractivity contribution is 5.91. The number of nitrogens with one attached hydrogen (secondary N) is 1. The number of rotatable bonds is 4. The van der Waals surface area contributed by atoms with Gasteiger partial charge in [0.05, 0.1) is 0 Å². The summed E-state index contributed by atoms with van der Waals surface area (Å²) in [5.74, 6) is 2.68. The molecule has 0 aliphatic heterocycles. The van der Waals surface area contributed by atoms with Crippen molar-refractivity contribution >= 4 is 11.7 Å². The van der Waals surface area contributed by atoms with Crippen LogP contribution in [0.15, 0.2) is 11.6 Å². The summed E-state index contributed by atoms with van der Waals surface area (Å²) in [7, 11) is 0. The topological polar surface area (TPSA) is 66.4 Å². The smallest absolute Gasteiger partial charge is 0.223 e. The molecule has 3 saturated carbocycles. The Balaban J connectivity index is 1.53. The maximum atomic E-state index is 12.8. The van der Waals surface area contributed by atoms with Crippen LogP contribution in [0.4, 0.5) is 0 Å². The SMILES string of the molecule is CC12CCC(=O)C=C1CCC1C2CCC2(C)C(C(=O)NCCCO)CCC12. The summed E-state index contributed by atoms with van der Waals surface area (Å²) in [6, 6.07) is 0. The summed E-state index contributed by atoms with van der Waals surface area (Å²) in [6.07, 6.45) is 11.1. The lowest BCUT2D eigenvalue weighted by Crippen LogP contribution is -2.52. The van der Waals surface area contributed by atoms with Crippen molar-refractivity contribution in [2.45, 2.75) is 71.6 Å². The van der Waals surface area contributed by atoms with Crippen LogP contribution in [0, 0.1) is 34.5 Å². The molecule has 150 valence electrons. The lowest BCUT2D eigenvalue weighted by atomic mass is 9.47. The molecule has 0 bridgehead atoms. The van der Waals surface area contributed by atoms with E-state index in [2.05, 4.69) is 19.2 Å². The fourth-order valence-electron chi connectivity index (χ4n) is 7.40. The number of carbonyl (C=O) groups excluding carboxylic acids is 2. The Morgan fingerprint density at radius 3 is 2.74 bits per heavy atom. The zero-order chi connectivity index (χ0) is 19.2.